The normalized spacial score (nSPS) is 16.7. The molecule has 0 aromatic heterocycles. The van der Waals surface area contributed by atoms with Crippen LogP contribution in [0.5, 0.6) is 0 Å². The number of carbonyl (C=O) groups excluding carboxylic acids is 3. The number of benzene rings is 1. The fraction of sp³-hybridized carbons (Fsp3) is 0.389. The maximum atomic E-state index is 12.4. The number of hydrogen-bond donors (Lipinski definition) is 1. The number of para-hydroxylation sites is 1. The monoisotopic (exact) mass is 410 g/mol. The lowest BCUT2D eigenvalue weighted by Gasteiger charge is -2.19. The molecule has 2 amide bonds. The maximum absolute atomic E-state index is 12.4. The van der Waals surface area contributed by atoms with Crippen molar-refractivity contribution < 1.29 is 22.8 Å². The van der Waals surface area contributed by atoms with Crippen LogP contribution >= 0.6 is 11.8 Å². The Morgan fingerprint density at radius 3 is 2.48 bits per heavy atom. The van der Waals surface area contributed by atoms with Crippen molar-refractivity contribution in [3.05, 3.63) is 35.4 Å². The van der Waals surface area contributed by atoms with Crippen molar-refractivity contribution in [1.29, 1.82) is 0 Å². The van der Waals surface area contributed by atoms with Crippen molar-refractivity contribution in [3.63, 3.8) is 0 Å². The molecule has 0 saturated carbocycles. The first kappa shape index (κ1) is 21.2. The highest BCUT2D eigenvalue weighted by atomic mass is 32.2. The molecule has 1 fully saturated rings. The zero-order valence-corrected chi connectivity index (χ0v) is 17.2. The van der Waals surface area contributed by atoms with E-state index in [0.29, 0.717) is 5.03 Å². The quantitative estimate of drug-likeness (QED) is 0.746. The van der Waals surface area contributed by atoms with E-state index < -0.39 is 21.2 Å². The van der Waals surface area contributed by atoms with Crippen LogP contribution in [-0.4, -0.2) is 49.5 Å². The number of hydrogen-bond acceptors (Lipinski definition) is 6. The minimum Gasteiger partial charge on any atom is -0.323 e. The molecule has 27 heavy (non-hydrogen) atoms. The van der Waals surface area contributed by atoms with Gasteiger partial charge in [-0.2, -0.15) is 0 Å². The molecule has 1 aliphatic heterocycles. The largest absolute Gasteiger partial charge is 0.323 e. The summed E-state index contributed by atoms with van der Waals surface area (Å²) in [5, 5.41) is 2.96. The topological polar surface area (TPSA) is 101 Å². The van der Waals surface area contributed by atoms with Gasteiger partial charge in [0.15, 0.2) is 15.6 Å². The molecule has 0 unspecified atom stereocenters. The summed E-state index contributed by atoms with van der Waals surface area (Å²) >= 11 is 1.20. The van der Waals surface area contributed by atoms with Crippen LogP contribution in [0, 0.1) is 5.41 Å². The van der Waals surface area contributed by atoms with Crippen LogP contribution in [0.25, 0.3) is 0 Å². The number of carbonyl (C=O) groups is 3. The van der Waals surface area contributed by atoms with E-state index in [1.165, 1.54) is 34.9 Å². The van der Waals surface area contributed by atoms with Crippen LogP contribution in [0.3, 0.4) is 0 Å². The molecule has 0 aliphatic carbocycles. The average Bonchev–Trinajstić information content (AvgIpc) is 2.86. The summed E-state index contributed by atoms with van der Waals surface area (Å²) in [6.07, 6.45) is 2.44. The van der Waals surface area contributed by atoms with E-state index in [-0.39, 0.29) is 34.6 Å². The molecular formula is C18H22N2O5S2. The molecule has 1 heterocycles. The van der Waals surface area contributed by atoms with Gasteiger partial charge in [-0.05, 0) is 12.1 Å². The summed E-state index contributed by atoms with van der Waals surface area (Å²) in [6, 6.07) is 6.05. The van der Waals surface area contributed by atoms with Crippen molar-refractivity contribution in [2.24, 2.45) is 5.41 Å². The van der Waals surface area contributed by atoms with Gasteiger partial charge in [-0.3, -0.25) is 19.3 Å². The third-order valence-corrected chi connectivity index (χ3v) is 5.95. The van der Waals surface area contributed by atoms with Crippen molar-refractivity contribution in [2.45, 2.75) is 25.7 Å². The highest BCUT2D eigenvalue weighted by molar-refractivity contribution is 8.04. The SMILES string of the molecule is CC(C)(C)C(=O)/C=C1\SCC(=O)N1CC(=O)Nc1ccccc1S(C)(=O)=O. The zero-order chi connectivity index (χ0) is 20.4. The second-order valence-electron chi connectivity index (χ2n) is 7.18. The first-order valence-corrected chi connectivity index (χ1v) is 11.1. The van der Waals surface area contributed by atoms with E-state index in [1.807, 2.05) is 0 Å². The van der Waals surface area contributed by atoms with Crippen LogP contribution in [0.1, 0.15) is 20.8 Å². The molecule has 2 rings (SSSR count). The molecule has 1 N–H and O–H groups in total. The zero-order valence-electron chi connectivity index (χ0n) is 15.6. The van der Waals surface area contributed by atoms with Crippen molar-refractivity contribution >= 4 is 44.9 Å². The third kappa shape index (κ3) is 5.43. The molecule has 7 nitrogen and oxygen atoms in total. The van der Waals surface area contributed by atoms with E-state index in [1.54, 1.807) is 32.9 Å². The average molecular weight is 411 g/mol. The van der Waals surface area contributed by atoms with E-state index in [9.17, 15) is 22.8 Å². The smallest absolute Gasteiger partial charge is 0.244 e. The van der Waals surface area contributed by atoms with Gasteiger partial charge in [-0.15, -0.1) is 0 Å². The number of rotatable bonds is 5. The number of thioether (sulfide) groups is 1. The lowest BCUT2D eigenvalue weighted by molar-refractivity contribution is -0.129. The number of allylic oxidation sites excluding steroid dienone is 1. The lowest BCUT2D eigenvalue weighted by Crippen LogP contribution is -2.34. The molecule has 1 aliphatic rings. The van der Waals surface area contributed by atoms with E-state index >= 15 is 0 Å². The van der Waals surface area contributed by atoms with E-state index in [2.05, 4.69) is 5.32 Å². The Morgan fingerprint density at radius 2 is 1.89 bits per heavy atom. The fourth-order valence-electron chi connectivity index (χ4n) is 2.26. The minimum absolute atomic E-state index is 0.000788. The number of nitrogens with one attached hydrogen (secondary N) is 1. The maximum Gasteiger partial charge on any atom is 0.244 e. The third-order valence-electron chi connectivity index (χ3n) is 3.77. The van der Waals surface area contributed by atoms with E-state index in [4.69, 9.17) is 0 Å². The minimum atomic E-state index is -3.52. The highest BCUT2D eigenvalue weighted by Crippen LogP contribution is 2.30. The first-order valence-electron chi connectivity index (χ1n) is 8.18. The molecule has 9 heteroatoms. The van der Waals surface area contributed by atoms with Crippen molar-refractivity contribution in [3.8, 4) is 0 Å². The molecule has 1 aromatic rings. The van der Waals surface area contributed by atoms with Gasteiger partial charge < -0.3 is 5.32 Å². The van der Waals surface area contributed by atoms with E-state index in [0.717, 1.165) is 6.26 Å². The lowest BCUT2D eigenvalue weighted by atomic mass is 9.91. The van der Waals surface area contributed by atoms with Crippen LogP contribution < -0.4 is 5.32 Å². The molecule has 0 bridgehead atoms. The second-order valence-corrected chi connectivity index (χ2v) is 10.2. The molecule has 0 atom stereocenters. The molecule has 1 saturated heterocycles. The molecular weight excluding hydrogens is 388 g/mol. The van der Waals surface area contributed by atoms with Crippen LogP contribution in [0.15, 0.2) is 40.3 Å². The molecule has 1 aromatic carbocycles. The molecule has 146 valence electrons. The Bertz CT molecular complexity index is 914. The van der Waals surface area contributed by atoms with Gasteiger partial charge in [-0.1, -0.05) is 44.7 Å². The summed E-state index contributed by atoms with van der Waals surface area (Å²) in [5.74, 6) is -0.820. The van der Waals surface area contributed by atoms with Crippen LogP contribution in [-0.2, 0) is 24.2 Å². The standard InChI is InChI=1S/C18H22N2O5S2/c1-18(2,3)14(21)9-17-20(16(23)11-26-17)10-15(22)19-12-7-5-6-8-13(12)27(4,24)25/h5-9H,10-11H2,1-4H3,(H,19,22)/b17-9-. The van der Waals surface area contributed by atoms with Gasteiger partial charge in [0.25, 0.3) is 0 Å². The Labute approximate surface area is 163 Å². The highest BCUT2D eigenvalue weighted by Gasteiger charge is 2.31. The van der Waals surface area contributed by atoms with Gasteiger partial charge >= 0.3 is 0 Å². The van der Waals surface area contributed by atoms with Gasteiger partial charge in [0, 0.05) is 17.7 Å². The Balaban J connectivity index is 2.19. The summed E-state index contributed by atoms with van der Waals surface area (Å²) < 4.78 is 23.7. The number of ketones is 1. The summed E-state index contributed by atoms with van der Waals surface area (Å²) in [5.41, 5.74) is -0.442. The van der Waals surface area contributed by atoms with Crippen LogP contribution in [0.4, 0.5) is 5.69 Å². The predicted octanol–water partition coefficient (Wildman–Crippen LogP) is 2.06. The molecule has 0 radical (unpaired) electrons. The number of amides is 2. The van der Waals surface area contributed by atoms with Crippen molar-refractivity contribution in [1.82, 2.24) is 4.90 Å². The Hall–Kier alpha value is -2.13. The molecule has 0 spiro atoms. The van der Waals surface area contributed by atoms with Gasteiger partial charge in [0.05, 0.1) is 21.4 Å². The Kier molecular flexibility index (Phi) is 6.16. The van der Waals surface area contributed by atoms with Gasteiger partial charge in [0.2, 0.25) is 11.8 Å². The summed E-state index contributed by atoms with van der Waals surface area (Å²) in [6.45, 7) is 5.01. The number of nitrogens with zero attached hydrogens (tertiary/aromatic N) is 1. The van der Waals surface area contributed by atoms with Gasteiger partial charge in [-0.25, -0.2) is 8.42 Å². The number of sulfone groups is 1. The first-order chi connectivity index (χ1) is 12.4. The van der Waals surface area contributed by atoms with Crippen LogP contribution in [0.2, 0.25) is 0 Å². The summed E-state index contributed by atoms with van der Waals surface area (Å²) in [4.78, 5) is 38.0. The fourth-order valence-corrected chi connectivity index (χ4v) is 4.04. The second kappa shape index (κ2) is 7.85. The van der Waals surface area contributed by atoms with Crippen molar-refractivity contribution in [2.75, 3.05) is 23.9 Å². The Morgan fingerprint density at radius 1 is 1.26 bits per heavy atom. The summed E-state index contributed by atoms with van der Waals surface area (Å²) in [7, 11) is -3.52. The predicted molar refractivity (Wildman–Crippen MR) is 105 cm³/mol. The van der Waals surface area contributed by atoms with Gasteiger partial charge in [0.1, 0.15) is 6.54 Å². The number of anilines is 1.